The molecule has 1 heterocycles. The van der Waals surface area contributed by atoms with Crippen molar-refractivity contribution in [2.75, 3.05) is 7.05 Å². The number of aromatic nitrogens is 2. The van der Waals surface area contributed by atoms with Gasteiger partial charge in [0.05, 0.1) is 5.52 Å². The Kier molecular flexibility index (Phi) is 2.44. The highest BCUT2D eigenvalue weighted by molar-refractivity contribution is 6.34. The molecule has 0 aliphatic rings. The molecular weight excluding hydrogens is 198 g/mol. The fourth-order valence-corrected chi connectivity index (χ4v) is 1.85. The molecule has 3 nitrogen and oxygen atoms in total. The number of nitrogens with one attached hydrogen (secondary N) is 1. The summed E-state index contributed by atoms with van der Waals surface area (Å²) in [5.41, 5.74) is 2.28. The van der Waals surface area contributed by atoms with Gasteiger partial charge in [-0.2, -0.15) is 5.10 Å². The van der Waals surface area contributed by atoms with Crippen molar-refractivity contribution < 1.29 is 0 Å². The Labute approximate surface area is 87.7 Å². The van der Waals surface area contributed by atoms with Gasteiger partial charge in [-0.15, -0.1) is 0 Å². The molecule has 74 valence electrons. The molecule has 1 N–H and O–H groups in total. The summed E-state index contributed by atoms with van der Waals surface area (Å²) in [6.07, 6.45) is 0. The third kappa shape index (κ3) is 1.49. The van der Waals surface area contributed by atoms with Gasteiger partial charge in [-0.05, 0) is 24.7 Å². The monoisotopic (exact) mass is 209 g/mol. The van der Waals surface area contributed by atoms with E-state index in [0.29, 0.717) is 5.15 Å². The highest BCUT2D eigenvalue weighted by atomic mass is 35.5. The first-order valence-corrected chi connectivity index (χ1v) is 4.86. The van der Waals surface area contributed by atoms with E-state index in [1.54, 1.807) is 4.68 Å². The summed E-state index contributed by atoms with van der Waals surface area (Å²) >= 11 is 6.00. The Hall–Kier alpha value is -1.06. The van der Waals surface area contributed by atoms with E-state index in [0.717, 1.165) is 17.4 Å². The van der Waals surface area contributed by atoms with Gasteiger partial charge in [0.15, 0.2) is 5.15 Å². The van der Waals surface area contributed by atoms with Crippen LogP contribution in [0, 0.1) is 0 Å². The highest BCUT2D eigenvalue weighted by Crippen LogP contribution is 2.23. The summed E-state index contributed by atoms with van der Waals surface area (Å²) in [7, 11) is 3.82. The third-order valence-electron chi connectivity index (χ3n) is 2.25. The lowest BCUT2D eigenvalue weighted by Crippen LogP contribution is -2.04. The lowest BCUT2D eigenvalue weighted by Gasteiger charge is -2.00. The molecule has 1 aromatic carbocycles. The van der Waals surface area contributed by atoms with Crippen molar-refractivity contribution in [3.8, 4) is 0 Å². The van der Waals surface area contributed by atoms with Gasteiger partial charge >= 0.3 is 0 Å². The molecular formula is C10H12ClN3. The van der Waals surface area contributed by atoms with Crippen molar-refractivity contribution in [1.82, 2.24) is 15.1 Å². The second-order valence-corrected chi connectivity index (χ2v) is 3.65. The van der Waals surface area contributed by atoms with Crippen LogP contribution in [0.3, 0.4) is 0 Å². The van der Waals surface area contributed by atoms with Crippen LogP contribution in [-0.4, -0.2) is 16.8 Å². The number of aryl methyl sites for hydroxylation is 1. The smallest absolute Gasteiger partial charge is 0.158 e. The average molecular weight is 210 g/mol. The number of hydrogen-bond donors (Lipinski definition) is 1. The van der Waals surface area contributed by atoms with Crippen LogP contribution in [0.1, 0.15) is 5.56 Å². The molecule has 0 saturated heterocycles. The molecule has 0 radical (unpaired) electrons. The maximum absolute atomic E-state index is 6.00. The first-order chi connectivity index (χ1) is 6.72. The van der Waals surface area contributed by atoms with E-state index in [2.05, 4.69) is 22.5 Å². The van der Waals surface area contributed by atoms with Crippen LogP contribution < -0.4 is 5.32 Å². The Balaban J connectivity index is 2.59. The maximum Gasteiger partial charge on any atom is 0.158 e. The van der Waals surface area contributed by atoms with Crippen molar-refractivity contribution >= 4 is 22.5 Å². The minimum absolute atomic E-state index is 0.570. The van der Waals surface area contributed by atoms with Crippen LogP contribution >= 0.6 is 11.6 Å². The zero-order valence-corrected chi connectivity index (χ0v) is 8.97. The van der Waals surface area contributed by atoms with Gasteiger partial charge in [0.25, 0.3) is 0 Å². The van der Waals surface area contributed by atoms with Crippen LogP contribution in [0.2, 0.25) is 5.15 Å². The fourth-order valence-electron chi connectivity index (χ4n) is 1.58. The number of fused-ring (bicyclic) bond motifs is 1. The van der Waals surface area contributed by atoms with Crippen molar-refractivity contribution in [3.63, 3.8) is 0 Å². The van der Waals surface area contributed by atoms with Gasteiger partial charge in [0.2, 0.25) is 0 Å². The van der Waals surface area contributed by atoms with Crippen molar-refractivity contribution in [2.24, 2.45) is 7.05 Å². The van der Waals surface area contributed by atoms with Crippen LogP contribution in [-0.2, 0) is 13.6 Å². The molecule has 0 aliphatic heterocycles. The van der Waals surface area contributed by atoms with Gasteiger partial charge in [-0.1, -0.05) is 17.7 Å². The Bertz CT molecular complexity index is 462. The quantitative estimate of drug-likeness (QED) is 0.820. The molecule has 0 atom stereocenters. The van der Waals surface area contributed by atoms with Crippen molar-refractivity contribution in [2.45, 2.75) is 6.54 Å². The summed E-state index contributed by atoms with van der Waals surface area (Å²) in [4.78, 5) is 0. The van der Waals surface area contributed by atoms with E-state index in [1.807, 2.05) is 20.2 Å². The number of nitrogens with zero attached hydrogens (tertiary/aromatic N) is 2. The molecule has 0 bridgehead atoms. The third-order valence-corrected chi connectivity index (χ3v) is 2.53. The molecule has 14 heavy (non-hydrogen) atoms. The Morgan fingerprint density at radius 3 is 3.00 bits per heavy atom. The summed E-state index contributed by atoms with van der Waals surface area (Å²) in [5, 5.41) is 8.84. The Morgan fingerprint density at radius 1 is 1.50 bits per heavy atom. The second-order valence-electron chi connectivity index (χ2n) is 3.30. The van der Waals surface area contributed by atoms with Crippen LogP contribution in [0.25, 0.3) is 10.9 Å². The number of hydrogen-bond acceptors (Lipinski definition) is 2. The number of benzene rings is 1. The van der Waals surface area contributed by atoms with Crippen LogP contribution in [0.4, 0.5) is 0 Å². The van der Waals surface area contributed by atoms with Gasteiger partial charge in [0.1, 0.15) is 0 Å². The lowest BCUT2D eigenvalue weighted by atomic mass is 10.1. The predicted molar refractivity (Wildman–Crippen MR) is 58.5 cm³/mol. The van der Waals surface area contributed by atoms with E-state index < -0.39 is 0 Å². The summed E-state index contributed by atoms with van der Waals surface area (Å²) in [6, 6.07) is 6.19. The van der Waals surface area contributed by atoms with E-state index in [-0.39, 0.29) is 0 Å². The first-order valence-electron chi connectivity index (χ1n) is 4.48. The highest BCUT2D eigenvalue weighted by Gasteiger charge is 2.06. The predicted octanol–water partition coefficient (Wildman–Crippen LogP) is 1.95. The van der Waals surface area contributed by atoms with E-state index in [4.69, 9.17) is 11.6 Å². The second kappa shape index (κ2) is 3.59. The van der Waals surface area contributed by atoms with Crippen LogP contribution in [0.5, 0.6) is 0 Å². The van der Waals surface area contributed by atoms with Crippen LogP contribution in [0.15, 0.2) is 18.2 Å². The standard InChI is InChI=1S/C10H12ClN3/c1-12-6-7-3-4-9-8(5-7)10(11)13-14(9)2/h3-5,12H,6H2,1-2H3. The SMILES string of the molecule is CNCc1ccc2c(c1)c(Cl)nn2C. The minimum Gasteiger partial charge on any atom is -0.316 e. The van der Waals surface area contributed by atoms with Gasteiger partial charge in [-0.25, -0.2) is 0 Å². The largest absolute Gasteiger partial charge is 0.316 e. The molecule has 0 spiro atoms. The number of rotatable bonds is 2. The van der Waals surface area contributed by atoms with E-state index in [1.165, 1.54) is 5.56 Å². The van der Waals surface area contributed by atoms with Gasteiger partial charge in [-0.3, -0.25) is 4.68 Å². The molecule has 0 fully saturated rings. The molecule has 2 aromatic rings. The zero-order valence-electron chi connectivity index (χ0n) is 8.21. The first kappa shape index (κ1) is 9.49. The Morgan fingerprint density at radius 2 is 2.29 bits per heavy atom. The zero-order chi connectivity index (χ0) is 10.1. The van der Waals surface area contributed by atoms with Crippen molar-refractivity contribution in [3.05, 3.63) is 28.9 Å². The normalized spacial score (nSPS) is 11.1. The lowest BCUT2D eigenvalue weighted by molar-refractivity contribution is 0.796. The van der Waals surface area contributed by atoms with Gasteiger partial charge in [0, 0.05) is 19.0 Å². The van der Waals surface area contributed by atoms with Crippen molar-refractivity contribution in [1.29, 1.82) is 0 Å². The molecule has 0 unspecified atom stereocenters. The maximum atomic E-state index is 6.00. The fraction of sp³-hybridized carbons (Fsp3) is 0.300. The molecule has 1 aromatic heterocycles. The molecule has 2 rings (SSSR count). The summed E-state index contributed by atoms with van der Waals surface area (Å²) in [6.45, 7) is 0.848. The van der Waals surface area contributed by atoms with E-state index >= 15 is 0 Å². The molecule has 4 heteroatoms. The minimum atomic E-state index is 0.570. The summed E-state index contributed by atoms with van der Waals surface area (Å²) < 4.78 is 1.79. The molecule has 0 aliphatic carbocycles. The average Bonchev–Trinajstić information content (AvgIpc) is 2.43. The molecule has 0 amide bonds. The van der Waals surface area contributed by atoms with E-state index in [9.17, 15) is 0 Å². The topological polar surface area (TPSA) is 29.9 Å². The summed E-state index contributed by atoms with van der Waals surface area (Å²) in [5.74, 6) is 0. The molecule has 0 saturated carbocycles. The number of halogens is 1. The van der Waals surface area contributed by atoms with Gasteiger partial charge < -0.3 is 5.32 Å².